The van der Waals surface area contributed by atoms with E-state index in [1.165, 1.54) is 0 Å². The van der Waals surface area contributed by atoms with Crippen LogP contribution in [0.15, 0.2) is 22.7 Å². The summed E-state index contributed by atoms with van der Waals surface area (Å²) >= 11 is 3.29. The van der Waals surface area contributed by atoms with Crippen molar-refractivity contribution in [2.45, 2.75) is 13.0 Å². The number of rotatable bonds is 4. The van der Waals surface area contributed by atoms with Crippen LogP contribution in [0.5, 0.6) is 5.75 Å². The van der Waals surface area contributed by atoms with Gasteiger partial charge >= 0.3 is 0 Å². The number of morpholine rings is 1. The van der Waals surface area contributed by atoms with Gasteiger partial charge in [-0.1, -0.05) is 15.9 Å². The monoisotopic (exact) mass is 341 g/mol. The number of carbonyl (C=O) groups is 2. The molecule has 0 spiro atoms. The number of hydrogen-bond donors (Lipinski definition) is 0. The molecule has 1 fully saturated rings. The van der Waals surface area contributed by atoms with Gasteiger partial charge in [-0.15, -0.1) is 0 Å². The van der Waals surface area contributed by atoms with E-state index in [-0.39, 0.29) is 5.91 Å². The highest BCUT2D eigenvalue weighted by Crippen LogP contribution is 2.23. The van der Waals surface area contributed by atoms with E-state index in [2.05, 4.69) is 15.9 Å². The van der Waals surface area contributed by atoms with Gasteiger partial charge < -0.3 is 14.4 Å². The number of aldehydes is 1. The number of carbonyl (C=O) groups excluding carboxylic acids is 2. The minimum atomic E-state index is -0.632. The van der Waals surface area contributed by atoms with Gasteiger partial charge in [0.2, 0.25) is 0 Å². The predicted octanol–water partition coefficient (Wildman–Crippen LogP) is 1.89. The van der Waals surface area contributed by atoms with Crippen LogP contribution in [-0.2, 0) is 9.53 Å². The molecular formula is C14H16BrNO4. The van der Waals surface area contributed by atoms with Crippen molar-refractivity contribution < 1.29 is 19.1 Å². The second-order valence-corrected chi connectivity index (χ2v) is 5.41. The van der Waals surface area contributed by atoms with Crippen LogP contribution >= 0.6 is 15.9 Å². The second-order valence-electron chi connectivity index (χ2n) is 4.50. The fraction of sp³-hybridized carbons (Fsp3) is 0.429. The Balaban J connectivity index is 2.05. The van der Waals surface area contributed by atoms with Crippen LogP contribution in [0, 0.1) is 0 Å². The summed E-state index contributed by atoms with van der Waals surface area (Å²) in [6.07, 6.45) is 0.0828. The van der Waals surface area contributed by atoms with E-state index in [0.29, 0.717) is 43.9 Å². The zero-order valence-electron chi connectivity index (χ0n) is 11.2. The molecule has 1 heterocycles. The minimum Gasteiger partial charge on any atom is -0.480 e. The number of amides is 1. The Morgan fingerprint density at radius 1 is 1.45 bits per heavy atom. The summed E-state index contributed by atoms with van der Waals surface area (Å²) in [6, 6.07) is 5.11. The van der Waals surface area contributed by atoms with Gasteiger partial charge in [0, 0.05) is 17.6 Å². The standard InChI is InChI=1S/C14H16BrNO4/c1-10(14(18)16-4-6-19-7-5-16)20-13-3-2-12(15)8-11(13)9-17/h2-3,8-10H,4-7H2,1H3. The maximum Gasteiger partial charge on any atom is 0.263 e. The molecule has 0 aliphatic carbocycles. The van der Waals surface area contributed by atoms with Crippen LogP contribution in [0.3, 0.4) is 0 Å². The van der Waals surface area contributed by atoms with E-state index in [1.54, 1.807) is 30.0 Å². The van der Waals surface area contributed by atoms with Crippen LogP contribution in [0.4, 0.5) is 0 Å². The van der Waals surface area contributed by atoms with E-state index in [9.17, 15) is 9.59 Å². The Morgan fingerprint density at radius 2 is 2.15 bits per heavy atom. The van der Waals surface area contributed by atoms with Crippen LogP contribution in [-0.4, -0.2) is 49.5 Å². The molecule has 20 heavy (non-hydrogen) atoms. The summed E-state index contributed by atoms with van der Waals surface area (Å²) in [4.78, 5) is 25.0. The Labute approximate surface area is 126 Å². The number of hydrogen-bond acceptors (Lipinski definition) is 4. The molecule has 0 radical (unpaired) electrons. The first-order valence-electron chi connectivity index (χ1n) is 6.39. The zero-order valence-corrected chi connectivity index (χ0v) is 12.8. The normalized spacial score (nSPS) is 16.6. The molecule has 1 unspecified atom stereocenters. The van der Waals surface area contributed by atoms with E-state index >= 15 is 0 Å². The maximum atomic E-state index is 12.2. The Bertz CT molecular complexity index is 500. The summed E-state index contributed by atoms with van der Waals surface area (Å²) in [5.74, 6) is 0.324. The average molecular weight is 342 g/mol. The van der Waals surface area contributed by atoms with E-state index in [4.69, 9.17) is 9.47 Å². The van der Waals surface area contributed by atoms with Crippen molar-refractivity contribution in [1.82, 2.24) is 4.90 Å². The van der Waals surface area contributed by atoms with Crippen molar-refractivity contribution in [3.63, 3.8) is 0 Å². The average Bonchev–Trinajstić information content (AvgIpc) is 2.49. The lowest BCUT2D eigenvalue weighted by Crippen LogP contribution is -2.46. The largest absolute Gasteiger partial charge is 0.480 e. The smallest absolute Gasteiger partial charge is 0.263 e. The molecule has 6 heteroatoms. The van der Waals surface area contributed by atoms with Gasteiger partial charge in [-0.25, -0.2) is 0 Å². The summed E-state index contributed by atoms with van der Waals surface area (Å²) < 4.78 is 11.6. The first-order chi connectivity index (χ1) is 9.61. The van der Waals surface area contributed by atoms with Crippen LogP contribution in [0.1, 0.15) is 17.3 Å². The number of ether oxygens (including phenoxy) is 2. The first kappa shape index (κ1) is 15.0. The predicted molar refractivity (Wildman–Crippen MR) is 77.0 cm³/mol. The fourth-order valence-corrected chi connectivity index (χ4v) is 2.38. The molecule has 1 aliphatic rings. The molecule has 1 saturated heterocycles. The highest BCUT2D eigenvalue weighted by Gasteiger charge is 2.24. The molecule has 1 atom stereocenters. The van der Waals surface area contributed by atoms with Gasteiger partial charge in [0.25, 0.3) is 5.91 Å². The zero-order chi connectivity index (χ0) is 14.5. The SMILES string of the molecule is CC(Oc1ccc(Br)cc1C=O)C(=O)N1CCOCC1. The molecule has 0 saturated carbocycles. The Morgan fingerprint density at radius 3 is 2.80 bits per heavy atom. The molecule has 1 aromatic rings. The quantitative estimate of drug-likeness (QED) is 0.784. The molecule has 0 aromatic heterocycles. The lowest BCUT2D eigenvalue weighted by atomic mass is 10.2. The van der Waals surface area contributed by atoms with Crippen molar-refractivity contribution in [1.29, 1.82) is 0 Å². The van der Waals surface area contributed by atoms with Crippen LogP contribution < -0.4 is 4.74 Å². The molecule has 1 aromatic carbocycles. The number of benzene rings is 1. The highest BCUT2D eigenvalue weighted by atomic mass is 79.9. The molecule has 0 bridgehead atoms. The lowest BCUT2D eigenvalue weighted by Gasteiger charge is -2.29. The minimum absolute atomic E-state index is 0.0898. The molecule has 108 valence electrons. The van der Waals surface area contributed by atoms with E-state index < -0.39 is 6.10 Å². The van der Waals surface area contributed by atoms with Gasteiger partial charge in [0.1, 0.15) is 5.75 Å². The van der Waals surface area contributed by atoms with E-state index in [0.717, 1.165) is 4.47 Å². The van der Waals surface area contributed by atoms with Crippen molar-refractivity contribution >= 4 is 28.1 Å². The van der Waals surface area contributed by atoms with Crippen LogP contribution in [0.2, 0.25) is 0 Å². The summed E-state index contributed by atoms with van der Waals surface area (Å²) in [6.45, 7) is 3.95. The maximum absolute atomic E-state index is 12.2. The topological polar surface area (TPSA) is 55.8 Å². The van der Waals surface area contributed by atoms with Gasteiger partial charge in [-0.3, -0.25) is 9.59 Å². The van der Waals surface area contributed by atoms with Crippen LogP contribution in [0.25, 0.3) is 0 Å². The third-order valence-electron chi connectivity index (χ3n) is 3.07. The van der Waals surface area contributed by atoms with Crippen molar-refractivity contribution in [2.75, 3.05) is 26.3 Å². The number of nitrogens with zero attached hydrogens (tertiary/aromatic N) is 1. The molecule has 2 rings (SSSR count). The second kappa shape index (κ2) is 6.85. The van der Waals surface area contributed by atoms with Gasteiger partial charge in [0.05, 0.1) is 18.8 Å². The summed E-state index contributed by atoms with van der Waals surface area (Å²) in [5, 5.41) is 0. The highest BCUT2D eigenvalue weighted by molar-refractivity contribution is 9.10. The molecule has 1 amide bonds. The van der Waals surface area contributed by atoms with Crippen molar-refractivity contribution in [3.8, 4) is 5.75 Å². The molecule has 5 nitrogen and oxygen atoms in total. The third kappa shape index (κ3) is 3.58. The van der Waals surface area contributed by atoms with Gasteiger partial charge in [-0.2, -0.15) is 0 Å². The number of halogens is 1. The van der Waals surface area contributed by atoms with Gasteiger partial charge in [0.15, 0.2) is 12.4 Å². The Kier molecular flexibility index (Phi) is 5.14. The summed E-state index contributed by atoms with van der Waals surface area (Å²) in [7, 11) is 0. The fourth-order valence-electron chi connectivity index (χ4n) is 2.00. The lowest BCUT2D eigenvalue weighted by molar-refractivity contribution is -0.142. The van der Waals surface area contributed by atoms with Crippen molar-refractivity contribution in [2.24, 2.45) is 0 Å². The van der Waals surface area contributed by atoms with Crippen molar-refractivity contribution in [3.05, 3.63) is 28.2 Å². The third-order valence-corrected chi connectivity index (χ3v) is 3.57. The first-order valence-corrected chi connectivity index (χ1v) is 7.19. The van der Waals surface area contributed by atoms with Gasteiger partial charge in [-0.05, 0) is 25.1 Å². The summed E-state index contributed by atoms with van der Waals surface area (Å²) in [5.41, 5.74) is 0.418. The van der Waals surface area contributed by atoms with E-state index in [1.807, 2.05) is 0 Å². The molecule has 0 N–H and O–H groups in total. The molecular weight excluding hydrogens is 326 g/mol. The Hall–Kier alpha value is -1.40. The molecule has 1 aliphatic heterocycles.